The van der Waals surface area contributed by atoms with Gasteiger partial charge in [0.15, 0.2) is 11.5 Å². The molecule has 2 aromatic rings. The Balaban J connectivity index is 1.69. The van der Waals surface area contributed by atoms with Crippen LogP contribution < -0.4 is 0 Å². The highest BCUT2D eigenvalue weighted by atomic mass is 16.4. The molecule has 1 aromatic carbocycles. The summed E-state index contributed by atoms with van der Waals surface area (Å²) in [5.41, 5.74) is -0.673. The first-order chi connectivity index (χ1) is 12.8. The van der Waals surface area contributed by atoms with Crippen LogP contribution in [0.15, 0.2) is 46.9 Å². The van der Waals surface area contributed by atoms with E-state index in [1.807, 2.05) is 30.3 Å². The Labute approximate surface area is 159 Å². The van der Waals surface area contributed by atoms with Crippen LogP contribution in [0.1, 0.15) is 48.6 Å². The van der Waals surface area contributed by atoms with Gasteiger partial charge in [-0.2, -0.15) is 5.26 Å². The van der Waals surface area contributed by atoms with E-state index in [0.29, 0.717) is 31.7 Å². The molecule has 1 aromatic heterocycles. The molecule has 1 saturated heterocycles. The molecule has 2 heterocycles. The summed E-state index contributed by atoms with van der Waals surface area (Å²) >= 11 is 0. The van der Waals surface area contributed by atoms with E-state index in [0.717, 1.165) is 5.56 Å². The fourth-order valence-electron chi connectivity index (χ4n) is 3.20. The number of hydrogen-bond acceptors (Lipinski definition) is 4. The Morgan fingerprint density at radius 2 is 1.85 bits per heavy atom. The van der Waals surface area contributed by atoms with Gasteiger partial charge < -0.3 is 14.4 Å². The monoisotopic (exact) mass is 362 g/mol. The van der Waals surface area contributed by atoms with Gasteiger partial charge >= 0.3 is 0 Å². The van der Waals surface area contributed by atoms with Gasteiger partial charge in [-0.25, -0.2) is 0 Å². The smallest absolute Gasteiger partial charge is 0.289 e. The van der Waals surface area contributed by atoms with Crippen LogP contribution in [-0.4, -0.2) is 34.6 Å². The van der Waals surface area contributed by atoms with Crippen LogP contribution in [0.5, 0.6) is 0 Å². The van der Waals surface area contributed by atoms with E-state index in [1.165, 1.54) is 0 Å². The van der Waals surface area contributed by atoms with Gasteiger partial charge in [0.1, 0.15) is 5.60 Å². The number of amides is 1. The Hall–Kier alpha value is -3.02. The topological polar surface area (TPSA) is 77.5 Å². The van der Waals surface area contributed by atoms with Crippen LogP contribution in [0.3, 0.4) is 0 Å². The molecule has 27 heavy (non-hydrogen) atoms. The van der Waals surface area contributed by atoms with E-state index < -0.39 is 11.0 Å². The minimum atomic E-state index is -1.12. The largest absolute Gasteiger partial charge is 0.443 e. The van der Waals surface area contributed by atoms with Crippen LogP contribution >= 0.6 is 0 Å². The summed E-state index contributed by atoms with van der Waals surface area (Å²) in [5.74, 6) is 5.74. The second-order valence-corrected chi connectivity index (χ2v) is 7.33. The molecule has 0 saturated carbocycles. The number of furan rings is 1. The lowest BCUT2D eigenvalue weighted by molar-refractivity contribution is 0.0659. The van der Waals surface area contributed by atoms with Crippen molar-refractivity contribution in [3.05, 3.63) is 59.5 Å². The number of benzene rings is 1. The summed E-state index contributed by atoms with van der Waals surface area (Å²) in [5, 5.41) is 19.4. The van der Waals surface area contributed by atoms with Crippen molar-refractivity contribution in [2.24, 2.45) is 0 Å². The van der Waals surface area contributed by atoms with Crippen molar-refractivity contribution in [3.8, 4) is 17.9 Å². The maximum Gasteiger partial charge on any atom is 0.289 e. The van der Waals surface area contributed by atoms with Crippen LogP contribution in [0, 0.1) is 23.2 Å². The first-order valence-corrected chi connectivity index (χ1v) is 8.94. The maximum absolute atomic E-state index is 12.7. The van der Waals surface area contributed by atoms with E-state index in [9.17, 15) is 15.2 Å². The molecule has 5 nitrogen and oxygen atoms in total. The summed E-state index contributed by atoms with van der Waals surface area (Å²) in [4.78, 5) is 14.4. The summed E-state index contributed by atoms with van der Waals surface area (Å²) < 4.78 is 5.52. The highest BCUT2D eigenvalue weighted by molar-refractivity contribution is 5.91. The number of carbonyl (C=O) groups is 1. The van der Waals surface area contributed by atoms with Gasteiger partial charge in [0.05, 0.1) is 11.5 Å². The summed E-state index contributed by atoms with van der Waals surface area (Å²) in [6.45, 7) is 4.15. The quantitative estimate of drug-likeness (QED) is 0.833. The first-order valence-electron chi connectivity index (χ1n) is 8.94. The number of likely N-dealkylation sites (tertiary alicyclic amines) is 1. The molecule has 0 unspecified atom stereocenters. The molecule has 1 fully saturated rings. The van der Waals surface area contributed by atoms with E-state index in [1.54, 1.807) is 30.9 Å². The molecule has 1 aliphatic rings. The van der Waals surface area contributed by atoms with Crippen molar-refractivity contribution in [2.75, 3.05) is 13.1 Å². The van der Waals surface area contributed by atoms with Gasteiger partial charge in [0.2, 0.25) is 0 Å². The van der Waals surface area contributed by atoms with Crippen molar-refractivity contribution in [1.82, 2.24) is 4.90 Å². The zero-order valence-electron chi connectivity index (χ0n) is 15.5. The third-order valence-electron chi connectivity index (χ3n) is 4.75. The molecule has 138 valence electrons. The van der Waals surface area contributed by atoms with Crippen LogP contribution in [-0.2, 0) is 5.41 Å². The molecule has 1 aliphatic heterocycles. The highest BCUT2D eigenvalue weighted by Gasteiger charge is 2.38. The lowest BCUT2D eigenvalue weighted by atomic mass is 9.74. The average molecular weight is 362 g/mol. The molecule has 5 heteroatoms. The summed E-state index contributed by atoms with van der Waals surface area (Å²) in [6.07, 6.45) is 1.18. The Morgan fingerprint density at radius 1 is 1.19 bits per heavy atom. The molecule has 3 rings (SSSR count). The number of nitriles is 1. The summed E-state index contributed by atoms with van der Waals surface area (Å²) in [6, 6.07) is 15.4. The van der Waals surface area contributed by atoms with E-state index in [-0.39, 0.29) is 11.7 Å². The van der Waals surface area contributed by atoms with Gasteiger partial charge in [0.25, 0.3) is 5.91 Å². The molecule has 0 bridgehead atoms. The standard InChI is InChI=1S/C22H22N2O3/c1-21(2,26)11-10-18-8-9-19(27-18)20(25)24-14-12-22(16-23,13-15-24)17-6-4-3-5-7-17/h3-9,26H,12-15H2,1-2H3. The Bertz CT molecular complexity index is 912. The Morgan fingerprint density at radius 3 is 2.44 bits per heavy atom. The lowest BCUT2D eigenvalue weighted by Crippen LogP contribution is -2.44. The van der Waals surface area contributed by atoms with E-state index >= 15 is 0 Å². The lowest BCUT2D eigenvalue weighted by Gasteiger charge is -2.37. The third kappa shape index (κ3) is 4.22. The molecular formula is C22H22N2O3. The molecule has 1 amide bonds. The molecule has 0 atom stereocenters. The maximum atomic E-state index is 12.7. The fourth-order valence-corrected chi connectivity index (χ4v) is 3.20. The number of hydrogen-bond donors (Lipinski definition) is 1. The van der Waals surface area contributed by atoms with Crippen LogP contribution in [0.25, 0.3) is 0 Å². The van der Waals surface area contributed by atoms with Crippen molar-refractivity contribution in [2.45, 2.75) is 37.7 Å². The second kappa shape index (κ2) is 7.31. The number of piperidine rings is 1. The fraction of sp³-hybridized carbons (Fsp3) is 0.364. The zero-order valence-corrected chi connectivity index (χ0v) is 15.5. The van der Waals surface area contributed by atoms with Crippen molar-refractivity contribution < 1.29 is 14.3 Å². The predicted molar refractivity (Wildman–Crippen MR) is 101 cm³/mol. The minimum absolute atomic E-state index is 0.203. The SMILES string of the molecule is CC(C)(O)C#Cc1ccc(C(=O)N2CCC(C#N)(c3ccccc3)CC2)o1. The third-order valence-corrected chi connectivity index (χ3v) is 4.75. The molecule has 1 N–H and O–H groups in total. The minimum Gasteiger partial charge on any atom is -0.443 e. The molecule has 0 aliphatic carbocycles. The van der Waals surface area contributed by atoms with Crippen molar-refractivity contribution in [1.29, 1.82) is 5.26 Å². The molecule has 0 radical (unpaired) electrons. The second-order valence-electron chi connectivity index (χ2n) is 7.33. The number of aliphatic hydroxyl groups is 1. The van der Waals surface area contributed by atoms with Crippen LogP contribution in [0.2, 0.25) is 0 Å². The van der Waals surface area contributed by atoms with Crippen LogP contribution in [0.4, 0.5) is 0 Å². The van der Waals surface area contributed by atoms with E-state index in [2.05, 4.69) is 17.9 Å². The number of rotatable bonds is 2. The Kier molecular flexibility index (Phi) is 5.08. The number of carbonyl (C=O) groups excluding carboxylic acids is 1. The zero-order chi connectivity index (χ0) is 19.5. The number of nitrogens with zero attached hydrogens (tertiary/aromatic N) is 2. The highest BCUT2D eigenvalue weighted by Crippen LogP contribution is 2.35. The van der Waals surface area contributed by atoms with Crippen molar-refractivity contribution in [3.63, 3.8) is 0 Å². The van der Waals surface area contributed by atoms with Gasteiger partial charge in [0, 0.05) is 13.1 Å². The van der Waals surface area contributed by atoms with E-state index in [4.69, 9.17) is 4.42 Å². The summed E-state index contributed by atoms with van der Waals surface area (Å²) in [7, 11) is 0. The predicted octanol–water partition coefficient (Wildman–Crippen LogP) is 3.10. The van der Waals surface area contributed by atoms with Gasteiger partial charge in [-0.1, -0.05) is 36.3 Å². The average Bonchev–Trinajstić information content (AvgIpc) is 3.15. The normalized spacial score (nSPS) is 16.1. The van der Waals surface area contributed by atoms with Gasteiger partial charge in [-0.15, -0.1) is 0 Å². The van der Waals surface area contributed by atoms with Crippen molar-refractivity contribution >= 4 is 5.91 Å². The van der Waals surface area contributed by atoms with Gasteiger partial charge in [-0.3, -0.25) is 4.79 Å². The van der Waals surface area contributed by atoms with Gasteiger partial charge in [-0.05, 0) is 50.3 Å². The molecule has 0 spiro atoms. The molecular weight excluding hydrogens is 340 g/mol. The first kappa shape index (κ1) is 18.8.